The Morgan fingerprint density at radius 3 is 3.11 bits per heavy atom. The van der Waals surface area contributed by atoms with E-state index < -0.39 is 0 Å². The van der Waals surface area contributed by atoms with Crippen molar-refractivity contribution in [3.05, 3.63) is 11.7 Å². The topological polar surface area (TPSA) is 60.2 Å². The lowest BCUT2D eigenvalue weighted by Gasteiger charge is -2.09. The van der Waals surface area contributed by atoms with Gasteiger partial charge in [-0.3, -0.25) is 0 Å². The van der Waals surface area contributed by atoms with Crippen molar-refractivity contribution in [2.24, 2.45) is 0 Å². The maximum atomic E-state index is 5.56. The molecule has 1 saturated heterocycles. The molecule has 1 aromatic heterocycles. The molecular formula is C13H23N3O2. The summed E-state index contributed by atoms with van der Waals surface area (Å²) in [7, 11) is 0. The van der Waals surface area contributed by atoms with Gasteiger partial charge in [0, 0.05) is 25.5 Å². The van der Waals surface area contributed by atoms with Gasteiger partial charge in [-0.1, -0.05) is 12.1 Å². The number of aryl methyl sites for hydroxylation is 1. The van der Waals surface area contributed by atoms with Gasteiger partial charge in [-0.2, -0.15) is 4.98 Å². The van der Waals surface area contributed by atoms with E-state index in [2.05, 4.69) is 29.3 Å². The van der Waals surface area contributed by atoms with E-state index in [1.165, 1.54) is 0 Å². The minimum absolute atomic E-state index is 0.288. The number of ether oxygens (including phenoxy) is 1. The van der Waals surface area contributed by atoms with Crippen LogP contribution in [0.3, 0.4) is 0 Å². The molecule has 0 aromatic carbocycles. The van der Waals surface area contributed by atoms with Gasteiger partial charge in [0.2, 0.25) is 5.89 Å². The zero-order valence-corrected chi connectivity index (χ0v) is 11.3. The summed E-state index contributed by atoms with van der Waals surface area (Å²) in [5.74, 6) is 1.53. The Morgan fingerprint density at radius 2 is 2.39 bits per heavy atom. The fourth-order valence-electron chi connectivity index (χ4n) is 2.27. The maximum Gasteiger partial charge on any atom is 0.226 e. The second-order valence-corrected chi connectivity index (χ2v) is 4.94. The molecule has 5 nitrogen and oxygen atoms in total. The van der Waals surface area contributed by atoms with Gasteiger partial charge >= 0.3 is 0 Å². The fourth-order valence-corrected chi connectivity index (χ4v) is 2.27. The Hall–Kier alpha value is -0.940. The lowest BCUT2D eigenvalue weighted by atomic mass is 10.1. The van der Waals surface area contributed by atoms with Gasteiger partial charge in [0.15, 0.2) is 5.82 Å². The number of hydrogen-bond donors (Lipinski definition) is 1. The van der Waals surface area contributed by atoms with E-state index in [0.717, 1.165) is 57.0 Å². The third kappa shape index (κ3) is 4.07. The largest absolute Gasteiger partial charge is 0.378 e. The van der Waals surface area contributed by atoms with Crippen LogP contribution in [-0.4, -0.2) is 35.4 Å². The molecular weight excluding hydrogens is 230 g/mol. The minimum atomic E-state index is 0.288. The molecule has 2 heterocycles. The average molecular weight is 253 g/mol. The highest BCUT2D eigenvalue weighted by Gasteiger charge is 2.19. The van der Waals surface area contributed by atoms with Gasteiger partial charge in [0.05, 0.1) is 6.10 Å². The monoisotopic (exact) mass is 253 g/mol. The van der Waals surface area contributed by atoms with Crippen molar-refractivity contribution >= 4 is 0 Å². The first-order valence-electron chi connectivity index (χ1n) is 6.94. The molecule has 2 atom stereocenters. The summed E-state index contributed by atoms with van der Waals surface area (Å²) in [4.78, 5) is 4.42. The molecule has 102 valence electrons. The minimum Gasteiger partial charge on any atom is -0.378 e. The summed E-state index contributed by atoms with van der Waals surface area (Å²) in [5, 5.41) is 7.39. The lowest BCUT2D eigenvalue weighted by molar-refractivity contribution is 0.109. The zero-order chi connectivity index (χ0) is 12.8. The van der Waals surface area contributed by atoms with E-state index in [0.29, 0.717) is 6.04 Å². The molecule has 2 rings (SSSR count). The summed E-state index contributed by atoms with van der Waals surface area (Å²) in [6.07, 6.45) is 5.20. The summed E-state index contributed by atoms with van der Waals surface area (Å²) >= 11 is 0. The number of nitrogens with zero attached hydrogens (tertiary/aromatic N) is 2. The smallest absolute Gasteiger partial charge is 0.226 e. The summed E-state index contributed by atoms with van der Waals surface area (Å²) < 4.78 is 10.8. The second-order valence-electron chi connectivity index (χ2n) is 4.94. The molecule has 5 heteroatoms. The number of hydrogen-bond acceptors (Lipinski definition) is 5. The van der Waals surface area contributed by atoms with Crippen LogP contribution in [-0.2, 0) is 17.6 Å². The molecule has 0 spiro atoms. The van der Waals surface area contributed by atoms with Crippen molar-refractivity contribution in [1.29, 1.82) is 0 Å². The molecule has 0 radical (unpaired) electrons. The summed E-state index contributed by atoms with van der Waals surface area (Å²) in [6.45, 7) is 6.15. The van der Waals surface area contributed by atoms with Gasteiger partial charge in [-0.05, 0) is 32.7 Å². The second kappa shape index (κ2) is 6.85. The van der Waals surface area contributed by atoms with Crippen LogP contribution in [0.4, 0.5) is 0 Å². The van der Waals surface area contributed by atoms with Crippen LogP contribution in [0.5, 0.6) is 0 Å². The van der Waals surface area contributed by atoms with Crippen molar-refractivity contribution in [2.75, 3.05) is 13.2 Å². The van der Waals surface area contributed by atoms with E-state index >= 15 is 0 Å². The zero-order valence-electron chi connectivity index (χ0n) is 11.3. The molecule has 18 heavy (non-hydrogen) atoms. The molecule has 1 aliphatic rings. The molecule has 1 aliphatic heterocycles. The van der Waals surface area contributed by atoms with Crippen LogP contribution in [0.25, 0.3) is 0 Å². The van der Waals surface area contributed by atoms with Gasteiger partial charge in [0.25, 0.3) is 0 Å². The van der Waals surface area contributed by atoms with Crippen LogP contribution in [0.15, 0.2) is 4.52 Å². The molecule has 1 aromatic rings. The molecule has 1 N–H and O–H groups in total. The van der Waals surface area contributed by atoms with Crippen LogP contribution in [0.2, 0.25) is 0 Å². The molecule has 0 amide bonds. The van der Waals surface area contributed by atoms with E-state index in [1.807, 2.05) is 0 Å². The first-order chi connectivity index (χ1) is 8.78. The highest BCUT2D eigenvalue weighted by molar-refractivity contribution is 4.90. The third-order valence-electron chi connectivity index (χ3n) is 3.29. The standard InChI is InChI=1S/C13H23N3O2/c1-3-14-10(2)6-7-13-15-12(16-18-13)9-11-5-4-8-17-11/h10-11,14H,3-9H2,1-2H3. The molecule has 1 fully saturated rings. The van der Waals surface area contributed by atoms with Crippen LogP contribution >= 0.6 is 0 Å². The van der Waals surface area contributed by atoms with Crippen molar-refractivity contribution in [2.45, 2.75) is 58.1 Å². The predicted octanol–water partition coefficient (Wildman–Crippen LogP) is 1.72. The lowest BCUT2D eigenvalue weighted by Crippen LogP contribution is -2.25. The fraction of sp³-hybridized carbons (Fsp3) is 0.846. The van der Waals surface area contributed by atoms with Crippen molar-refractivity contribution in [3.8, 4) is 0 Å². The van der Waals surface area contributed by atoms with E-state index in [1.54, 1.807) is 0 Å². The normalized spacial score (nSPS) is 21.3. The first-order valence-corrected chi connectivity index (χ1v) is 6.94. The maximum absolute atomic E-state index is 5.56. The molecule has 2 unspecified atom stereocenters. The number of nitrogens with one attached hydrogen (secondary N) is 1. The van der Waals surface area contributed by atoms with E-state index in [-0.39, 0.29) is 6.10 Å². The third-order valence-corrected chi connectivity index (χ3v) is 3.29. The van der Waals surface area contributed by atoms with E-state index in [9.17, 15) is 0 Å². The summed E-state index contributed by atoms with van der Waals surface area (Å²) in [5.41, 5.74) is 0. The highest BCUT2D eigenvalue weighted by atomic mass is 16.5. The Balaban J connectivity index is 1.75. The van der Waals surface area contributed by atoms with Gasteiger partial charge in [-0.25, -0.2) is 0 Å². The molecule has 0 saturated carbocycles. The van der Waals surface area contributed by atoms with Gasteiger partial charge in [-0.15, -0.1) is 0 Å². The van der Waals surface area contributed by atoms with Crippen molar-refractivity contribution < 1.29 is 9.26 Å². The Kier molecular flexibility index (Phi) is 5.13. The average Bonchev–Trinajstić information content (AvgIpc) is 2.99. The van der Waals surface area contributed by atoms with Crippen LogP contribution in [0, 0.1) is 0 Å². The number of aromatic nitrogens is 2. The van der Waals surface area contributed by atoms with E-state index in [4.69, 9.17) is 9.26 Å². The quantitative estimate of drug-likeness (QED) is 0.801. The number of rotatable bonds is 7. The van der Waals surface area contributed by atoms with Crippen LogP contribution in [0.1, 0.15) is 44.8 Å². The first kappa shape index (κ1) is 13.5. The Morgan fingerprint density at radius 1 is 1.50 bits per heavy atom. The Bertz CT molecular complexity index is 348. The Labute approximate surface area is 108 Å². The van der Waals surface area contributed by atoms with Gasteiger partial charge < -0.3 is 14.6 Å². The molecule has 0 bridgehead atoms. The summed E-state index contributed by atoms with van der Waals surface area (Å²) in [6, 6.07) is 0.489. The predicted molar refractivity (Wildman–Crippen MR) is 68.4 cm³/mol. The van der Waals surface area contributed by atoms with Gasteiger partial charge in [0.1, 0.15) is 0 Å². The van der Waals surface area contributed by atoms with Crippen molar-refractivity contribution in [1.82, 2.24) is 15.5 Å². The molecule has 0 aliphatic carbocycles. The van der Waals surface area contributed by atoms with Crippen LogP contribution < -0.4 is 5.32 Å². The highest BCUT2D eigenvalue weighted by Crippen LogP contribution is 2.16. The van der Waals surface area contributed by atoms with Crippen molar-refractivity contribution in [3.63, 3.8) is 0 Å². The SMILES string of the molecule is CCNC(C)CCc1nc(CC2CCCO2)no1.